The van der Waals surface area contributed by atoms with Crippen molar-refractivity contribution in [2.24, 2.45) is 0 Å². The highest BCUT2D eigenvalue weighted by molar-refractivity contribution is 5.67. The number of aromatic nitrogens is 1. The molecule has 5 heteroatoms. The summed E-state index contributed by atoms with van der Waals surface area (Å²) in [5.74, 6) is 0.359. The molecule has 0 fully saturated rings. The van der Waals surface area contributed by atoms with Gasteiger partial charge in [-0.15, -0.1) is 0 Å². The summed E-state index contributed by atoms with van der Waals surface area (Å²) in [7, 11) is 0. The summed E-state index contributed by atoms with van der Waals surface area (Å²) in [6, 6.07) is 7.40. The van der Waals surface area contributed by atoms with Crippen LogP contribution in [0.3, 0.4) is 0 Å². The monoisotopic (exact) mass is 230 g/mol. The molecule has 0 unspecified atom stereocenters. The normalized spacial score (nSPS) is 10.9. The van der Waals surface area contributed by atoms with Crippen LogP contribution in [0.25, 0.3) is 12.2 Å². The van der Waals surface area contributed by atoms with E-state index >= 15 is 0 Å². The van der Waals surface area contributed by atoms with Crippen LogP contribution in [0, 0.1) is 17.0 Å². The Labute approximate surface area is 97.6 Å². The fourth-order valence-electron chi connectivity index (χ4n) is 1.29. The molecule has 0 bridgehead atoms. The molecule has 1 heterocycles. The first-order chi connectivity index (χ1) is 8.15. The van der Waals surface area contributed by atoms with E-state index in [1.807, 2.05) is 37.3 Å². The lowest BCUT2D eigenvalue weighted by atomic mass is 10.1. The van der Waals surface area contributed by atoms with E-state index in [1.165, 1.54) is 11.8 Å². The summed E-state index contributed by atoms with van der Waals surface area (Å²) >= 11 is 0. The third-order valence-electron chi connectivity index (χ3n) is 2.18. The van der Waals surface area contributed by atoms with Crippen LogP contribution in [0.15, 0.2) is 34.9 Å². The van der Waals surface area contributed by atoms with Crippen LogP contribution in [0.2, 0.25) is 0 Å². The van der Waals surface area contributed by atoms with Gasteiger partial charge in [-0.3, -0.25) is 0 Å². The van der Waals surface area contributed by atoms with Crippen molar-refractivity contribution in [2.75, 3.05) is 0 Å². The van der Waals surface area contributed by atoms with E-state index in [1.54, 1.807) is 6.08 Å². The highest BCUT2D eigenvalue weighted by Gasteiger charge is 2.12. The zero-order valence-electron chi connectivity index (χ0n) is 9.16. The van der Waals surface area contributed by atoms with E-state index in [0.29, 0.717) is 5.76 Å². The minimum Gasteiger partial charge on any atom is -0.382 e. The van der Waals surface area contributed by atoms with Crippen molar-refractivity contribution in [3.8, 4) is 0 Å². The second-order valence-electron chi connectivity index (χ2n) is 3.55. The summed E-state index contributed by atoms with van der Waals surface area (Å²) in [5.41, 5.74) is 2.17. The van der Waals surface area contributed by atoms with Gasteiger partial charge in [-0.2, -0.15) is 0 Å². The molecule has 86 valence electrons. The van der Waals surface area contributed by atoms with Crippen LogP contribution in [0.1, 0.15) is 16.9 Å². The van der Waals surface area contributed by atoms with Gasteiger partial charge in [0.2, 0.25) is 0 Å². The van der Waals surface area contributed by atoms with Crippen molar-refractivity contribution in [3.05, 3.63) is 57.5 Å². The van der Waals surface area contributed by atoms with Gasteiger partial charge < -0.3 is 14.5 Å². The standard InChI is InChI=1S/C12H10N2O3/c1-9-2-4-10(5-3-9)6-7-11-8-13-12(17-11)14(15)16/h2-8H,1H3/b7-6+. The molecule has 2 aromatic rings. The van der Waals surface area contributed by atoms with E-state index in [9.17, 15) is 10.1 Å². The predicted octanol–water partition coefficient (Wildman–Crippen LogP) is 3.06. The first-order valence-electron chi connectivity index (χ1n) is 5.00. The van der Waals surface area contributed by atoms with E-state index in [-0.39, 0.29) is 0 Å². The highest BCUT2D eigenvalue weighted by atomic mass is 16.7. The Bertz CT molecular complexity index is 555. The minimum atomic E-state index is -0.663. The number of nitrogens with zero attached hydrogens (tertiary/aromatic N) is 2. The lowest BCUT2D eigenvalue weighted by Gasteiger charge is -1.93. The Hall–Kier alpha value is -2.43. The molecule has 0 atom stereocenters. The van der Waals surface area contributed by atoms with Crippen molar-refractivity contribution >= 4 is 18.2 Å². The molecule has 0 saturated heterocycles. The van der Waals surface area contributed by atoms with E-state index in [2.05, 4.69) is 4.98 Å². The first kappa shape index (κ1) is 11.1. The molecule has 0 aliphatic carbocycles. The summed E-state index contributed by atoms with van der Waals surface area (Å²) in [4.78, 5) is 13.2. The quantitative estimate of drug-likeness (QED) is 0.600. The fraction of sp³-hybridized carbons (Fsp3) is 0.0833. The number of hydrogen-bond donors (Lipinski definition) is 0. The Balaban J connectivity index is 2.14. The number of oxazole rings is 1. The van der Waals surface area contributed by atoms with Crippen LogP contribution in [-0.2, 0) is 0 Å². The van der Waals surface area contributed by atoms with Gasteiger partial charge >= 0.3 is 6.01 Å². The Morgan fingerprint density at radius 1 is 1.29 bits per heavy atom. The topological polar surface area (TPSA) is 69.2 Å². The van der Waals surface area contributed by atoms with E-state index in [4.69, 9.17) is 4.42 Å². The molecule has 0 spiro atoms. The van der Waals surface area contributed by atoms with Crippen molar-refractivity contribution in [1.82, 2.24) is 4.98 Å². The first-order valence-corrected chi connectivity index (χ1v) is 5.00. The van der Waals surface area contributed by atoms with Crippen LogP contribution in [0.5, 0.6) is 0 Å². The largest absolute Gasteiger partial charge is 0.546 e. The van der Waals surface area contributed by atoms with Gasteiger partial charge in [0.15, 0.2) is 12.0 Å². The molecule has 0 aliphatic rings. The molecule has 2 rings (SSSR count). The molecule has 1 aromatic heterocycles. The van der Waals surface area contributed by atoms with E-state index < -0.39 is 10.9 Å². The zero-order chi connectivity index (χ0) is 12.3. The van der Waals surface area contributed by atoms with Gasteiger partial charge in [-0.25, -0.2) is 0 Å². The molecule has 0 amide bonds. The molecule has 0 radical (unpaired) electrons. The van der Waals surface area contributed by atoms with Crippen molar-refractivity contribution in [1.29, 1.82) is 0 Å². The van der Waals surface area contributed by atoms with E-state index in [0.717, 1.165) is 5.56 Å². The Kier molecular flexibility index (Phi) is 3.00. The maximum absolute atomic E-state index is 10.4. The third-order valence-corrected chi connectivity index (χ3v) is 2.18. The van der Waals surface area contributed by atoms with Crippen LogP contribution in [0.4, 0.5) is 6.01 Å². The number of rotatable bonds is 3. The van der Waals surface area contributed by atoms with Crippen LogP contribution >= 0.6 is 0 Å². The summed E-state index contributed by atoms with van der Waals surface area (Å²) in [6.07, 6.45) is 4.77. The molecule has 0 saturated carbocycles. The van der Waals surface area contributed by atoms with Gasteiger partial charge in [-0.05, 0) is 23.5 Å². The molecule has 1 aromatic carbocycles. The lowest BCUT2D eigenvalue weighted by molar-refractivity contribution is -0.407. The fourth-order valence-corrected chi connectivity index (χ4v) is 1.29. The Morgan fingerprint density at radius 2 is 2.00 bits per heavy atom. The highest BCUT2D eigenvalue weighted by Crippen LogP contribution is 2.14. The van der Waals surface area contributed by atoms with Crippen LogP contribution in [-0.4, -0.2) is 9.91 Å². The maximum atomic E-state index is 10.4. The number of hydrogen-bond acceptors (Lipinski definition) is 4. The molecular weight excluding hydrogens is 220 g/mol. The average Bonchev–Trinajstić information content (AvgIpc) is 2.77. The molecule has 5 nitrogen and oxygen atoms in total. The minimum absolute atomic E-state index is 0.359. The second kappa shape index (κ2) is 4.61. The third kappa shape index (κ3) is 2.78. The average molecular weight is 230 g/mol. The van der Waals surface area contributed by atoms with Gasteiger partial charge in [0.1, 0.15) is 0 Å². The molecular formula is C12H10N2O3. The summed E-state index contributed by atoms with van der Waals surface area (Å²) < 4.78 is 4.89. The predicted molar refractivity (Wildman–Crippen MR) is 63.3 cm³/mol. The van der Waals surface area contributed by atoms with Crippen molar-refractivity contribution < 1.29 is 9.34 Å². The number of aryl methyl sites for hydroxylation is 1. The van der Waals surface area contributed by atoms with Crippen molar-refractivity contribution in [2.45, 2.75) is 6.92 Å². The van der Waals surface area contributed by atoms with Gasteiger partial charge in [0.25, 0.3) is 0 Å². The van der Waals surface area contributed by atoms with Gasteiger partial charge in [0, 0.05) is 4.92 Å². The summed E-state index contributed by atoms with van der Waals surface area (Å²) in [6.45, 7) is 2.01. The molecule has 0 N–H and O–H groups in total. The second-order valence-corrected chi connectivity index (χ2v) is 3.55. The zero-order valence-corrected chi connectivity index (χ0v) is 9.16. The molecule has 17 heavy (non-hydrogen) atoms. The van der Waals surface area contributed by atoms with Crippen LogP contribution < -0.4 is 0 Å². The Morgan fingerprint density at radius 3 is 2.59 bits per heavy atom. The summed E-state index contributed by atoms with van der Waals surface area (Å²) in [5, 5.41) is 10.4. The maximum Gasteiger partial charge on any atom is 0.546 e. The molecule has 0 aliphatic heterocycles. The van der Waals surface area contributed by atoms with Gasteiger partial charge in [-0.1, -0.05) is 35.9 Å². The number of nitro groups is 1. The lowest BCUT2D eigenvalue weighted by Crippen LogP contribution is -1.85. The SMILES string of the molecule is Cc1ccc(/C=C/c2cnc([N+](=O)[O-])o2)cc1. The number of benzene rings is 1. The van der Waals surface area contributed by atoms with Gasteiger partial charge in [0.05, 0.1) is 0 Å². The smallest absolute Gasteiger partial charge is 0.382 e. The van der Waals surface area contributed by atoms with Crippen molar-refractivity contribution in [3.63, 3.8) is 0 Å².